The lowest BCUT2D eigenvalue weighted by atomic mass is 10.1. The van der Waals surface area contributed by atoms with Crippen molar-refractivity contribution in [2.24, 2.45) is 0 Å². The highest BCUT2D eigenvalue weighted by Crippen LogP contribution is 2.28. The molecule has 0 aliphatic carbocycles. The summed E-state index contributed by atoms with van der Waals surface area (Å²) in [6.45, 7) is 4.32. The van der Waals surface area contributed by atoms with Crippen molar-refractivity contribution >= 4 is 17.3 Å². The lowest BCUT2D eigenvalue weighted by molar-refractivity contribution is -0.149. The number of carbonyl (C=O) groups is 1. The number of benzene rings is 2. The number of aryl methyl sites for hydroxylation is 1. The van der Waals surface area contributed by atoms with Crippen molar-refractivity contribution in [3.8, 4) is 16.3 Å². The first-order chi connectivity index (χ1) is 14.5. The minimum absolute atomic E-state index is 0.0979. The molecule has 1 N–H and O–H groups in total. The summed E-state index contributed by atoms with van der Waals surface area (Å²) in [7, 11) is 0. The Kier molecular flexibility index (Phi) is 7.54. The third kappa shape index (κ3) is 5.64. The Balaban J connectivity index is 1.59. The van der Waals surface area contributed by atoms with Gasteiger partial charge in [0, 0.05) is 29.9 Å². The molecule has 5 nitrogen and oxygen atoms in total. The van der Waals surface area contributed by atoms with Gasteiger partial charge in [-0.15, -0.1) is 11.3 Å². The van der Waals surface area contributed by atoms with Crippen LogP contribution >= 0.6 is 11.3 Å². The summed E-state index contributed by atoms with van der Waals surface area (Å²) in [6.07, 6.45) is -0.324. The van der Waals surface area contributed by atoms with E-state index in [4.69, 9.17) is 14.6 Å². The van der Waals surface area contributed by atoms with Crippen LogP contribution in [0, 0.1) is 12.7 Å². The molecule has 0 radical (unpaired) electrons. The smallest absolute Gasteiger partial charge is 0.333 e. The molecule has 0 saturated heterocycles. The van der Waals surface area contributed by atoms with Crippen molar-refractivity contribution in [3.63, 3.8) is 0 Å². The zero-order valence-corrected chi connectivity index (χ0v) is 17.7. The van der Waals surface area contributed by atoms with Crippen molar-refractivity contribution in [1.82, 2.24) is 4.98 Å². The molecule has 158 valence electrons. The molecule has 0 saturated carbocycles. The van der Waals surface area contributed by atoms with E-state index in [0.29, 0.717) is 18.6 Å². The summed E-state index contributed by atoms with van der Waals surface area (Å²) >= 11 is 1.63. The molecule has 0 bridgehead atoms. The van der Waals surface area contributed by atoms with E-state index in [1.54, 1.807) is 24.3 Å². The number of ether oxygens (including phenoxy) is 2. The molecular formula is C23H24FNO4S. The van der Waals surface area contributed by atoms with Crippen molar-refractivity contribution in [2.75, 3.05) is 13.2 Å². The number of thiazole rings is 1. The molecule has 2 aromatic carbocycles. The van der Waals surface area contributed by atoms with Crippen LogP contribution in [-0.2, 0) is 22.4 Å². The zero-order chi connectivity index (χ0) is 21.5. The number of hydrogen-bond donors (Lipinski definition) is 1. The normalized spacial score (nSPS) is 12.0. The van der Waals surface area contributed by atoms with Crippen molar-refractivity contribution in [3.05, 3.63) is 70.5 Å². The topological polar surface area (TPSA) is 68.7 Å². The van der Waals surface area contributed by atoms with E-state index in [1.165, 1.54) is 12.1 Å². The lowest BCUT2D eigenvalue weighted by Gasteiger charge is -2.13. The van der Waals surface area contributed by atoms with Gasteiger partial charge in [0.1, 0.15) is 5.01 Å². The average Bonchev–Trinajstić information content (AvgIpc) is 3.10. The fourth-order valence-corrected chi connectivity index (χ4v) is 4.01. The van der Waals surface area contributed by atoms with Gasteiger partial charge in [0.15, 0.2) is 17.7 Å². The van der Waals surface area contributed by atoms with Crippen LogP contribution in [0.1, 0.15) is 23.1 Å². The molecule has 0 spiro atoms. The molecule has 1 unspecified atom stereocenters. The summed E-state index contributed by atoms with van der Waals surface area (Å²) in [5.41, 5.74) is 2.56. The van der Waals surface area contributed by atoms with Crippen molar-refractivity contribution < 1.29 is 23.8 Å². The Labute approximate surface area is 179 Å². The Morgan fingerprint density at radius 2 is 2.00 bits per heavy atom. The van der Waals surface area contributed by atoms with E-state index >= 15 is 0 Å². The van der Waals surface area contributed by atoms with Crippen LogP contribution in [0.2, 0.25) is 0 Å². The molecule has 1 aromatic heterocycles. The molecule has 7 heteroatoms. The first-order valence-electron chi connectivity index (χ1n) is 9.75. The molecule has 3 aromatic rings. The second-order valence-electron chi connectivity index (χ2n) is 6.74. The maximum Gasteiger partial charge on any atom is 0.333 e. The van der Waals surface area contributed by atoms with Crippen molar-refractivity contribution in [1.29, 1.82) is 0 Å². The molecule has 0 aliphatic rings. The molecule has 30 heavy (non-hydrogen) atoms. The Bertz CT molecular complexity index is 990. The van der Waals surface area contributed by atoms with Gasteiger partial charge in [-0.3, -0.25) is 0 Å². The van der Waals surface area contributed by atoms with Gasteiger partial charge in [0.2, 0.25) is 0 Å². The van der Waals surface area contributed by atoms with Gasteiger partial charge in [-0.05, 0) is 31.5 Å². The summed E-state index contributed by atoms with van der Waals surface area (Å²) < 4.78 is 25.2. The molecule has 3 rings (SSSR count). The van der Waals surface area contributed by atoms with E-state index in [0.717, 1.165) is 21.1 Å². The van der Waals surface area contributed by atoms with E-state index in [2.05, 4.69) is 4.98 Å². The maximum atomic E-state index is 14.4. The second-order valence-corrected chi connectivity index (χ2v) is 7.94. The van der Waals surface area contributed by atoms with E-state index in [9.17, 15) is 9.18 Å². The van der Waals surface area contributed by atoms with Gasteiger partial charge in [-0.2, -0.15) is 0 Å². The minimum atomic E-state index is -1.06. The Morgan fingerprint density at radius 3 is 2.67 bits per heavy atom. The summed E-state index contributed by atoms with van der Waals surface area (Å²) in [5.74, 6) is -1.45. The number of halogens is 1. The summed E-state index contributed by atoms with van der Waals surface area (Å²) in [5, 5.41) is 10.1. The van der Waals surface area contributed by atoms with Crippen LogP contribution in [0.15, 0.2) is 48.5 Å². The van der Waals surface area contributed by atoms with Crippen LogP contribution in [0.3, 0.4) is 0 Å². The number of aliphatic carboxylic acids is 1. The summed E-state index contributed by atoms with van der Waals surface area (Å²) in [6, 6.07) is 14.5. The maximum absolute atomic E-state index is 14.4. The van der Waals surface area contributed by atoms with Crippen LogP contribution in [0.25, 0.3) is 10.6 Å². The van der Waals surface area contributed by atoms with Gasteiger partial charge in [0.25, 0.3) is 0 Å². The van der Waals surface area contributed by atoms with Gasteiger partial charge in [-0.25, -0.2) is 14.2 Å². The Hall–Kier alpha value is -2.77. The van der Waals surface area contributed by atoms with E-state index < -0.39 is 17.9 Å². The first-order valence-corrected chi connectivity index (χ1v) is 10.6. The fraction of sp³-hybridized carbons (Fsp3) is 0.304. The second kappa shape index (κ2) is 10.3. The highest BCUT2D eigenvalue weighted by atomic mass is 32.1. The van der Waals surface area contributed by atoms with Gasteiger partial charge in [0.05, 0.1) is 12.3 Å². The largest absolute Gasteiger partial charge is 0.490 e. The zero-order valence-electron chi connectivity index (χ0n) is 16.9. The van der Waals surface area contributed by atoms with Crippen LogP contribution < -0.4 is 4.74 Å². The van der Waals surface area contributed by atoms with E-state index in [1.807, 2.05) is 37.3 Å². The summed E-state index contributed by atoms with van der Waals surface area (Å²) in [4.78, 5) is 17.0. The third-order valence-electron chi connectivity index (χ3n) is 4.57. The third-order valence-corrected chi connectivity index (χ3v) is 5.63. The number of rotatable bonds is 10. The van der Waals surface area contributed by atoms with Gasteiger partial charge in [-0.1, -0.05) is 36.4 Å². The molecule has 0 aliphatic heterocycles. The van der Waals surface area contributed by atoms with Crippen molar-refractivity contribution in [2.45, 2.75) is 32.8 Å². The number of aromatic nitrogens is 1. The highest BCUT2D eigenvalue weighted by molar-refractivity contribution is 7.15. The van der Waals surface area contributed by atoms with Crippen LogP contribution in [-0.4, -0.2) is 35.4 Å². The van der Waals surface area contributed by atoms with E-state index in [-0.39, 0.29) is 18.8 Å². The molecule has 0 amide bonds. The first kappa shape index (κ1) is 21.9. The monoisotopic (exact) mass is 429 g/mol. The molecule has 0 fully saturated rings. The highest BCUT2D eigenvalue weighted by Gasteiger charge is 2.19. The number of nitrogens with zero attached hydrogens (tertiary/aromatic N) is 1. The standard InChI is InChI=1S/C23H24FNO4S/c1-3-28-21(23(26)27)14-16-9-10-20(18(24)13-16)29-12-11-19-15(2)30-22(25-19)17-7-5-4-6-8-17/h4-10,13,21H,3,11-12,14H2,1-2H3,(H,26,27). The van der Waals surface area contributed by atoms with Gasteiger partial charge < -0.3 is 14.6 Å². The molecule has 1 atom stereocenters. The predicted octanol–water partition coefficient (Wildman–Crippen LogP) is 4.91. The molecular weight excluding hydrogens is 405 g/mol. The quantitative estimate of drug-likeness (QED) is 0.496. The average molecular weight is 430 g/mol. The lowest BCUT2D eigenvalue weighted by Crippen LogP contribution is -2.26. The fourth-order valence-electron chi connectivity index (χ4n) is 3.04. The predicted molar refractivity (Wildman–Crippen MR) is 115 cm³/mol. The van der Waals surface area contributed by atoms with Crippen LogP contribution in [0.5, 0.6) is 5.75 Å². The number of hydrogen-bond acceptors (Lipinski definition) is 5. The number of carboxylic acids is 1. The van der Waals surface area contributed by atoms with Crippen LogP contribution in [0.4, 0.5) is 4.39 Å². The molecule has 1 heterocycles. The van der Waals surface area contributed by atoms with Gasteiger partial charge >= 0.3 is 5.97 Å². The minimum Gasteiger partial charge on any atom is -0.490 e. The number of carboxylic acid groups (broad SMARTS) is 1. The Morgan fingerprint density at radius 1 is 1.23 bits per heavy atom. The SMILES string of the molecule is CCOC(Cc1ccc(OCCc2nc(-c3ccccc3)sc2C)c(F)c1)C(=O)O.